The Bertz CT molecular complexity index is 714. The molecule has 0 aliphatic heterocycles. The van der Waals surface area contributed by atoms with Crippen LogP contribution in [0.2, 0.25) is 0 Å². The van der Waals surface area contributed by atoms with Gasteiger partial charge in [0.15, 0.2) is 6.61 Å². The van der Waals surface area contributed by atoms with E-state index >= 15 is 0 Å². The van der Waals surface area contributed by atoms with E-state index in [0.717, 1.165) is 0 Å². The number of amides is 1. The molecule has 0 spiro atoms. The fraction of sp³-hybridized carbons (Fsp3) is 0.222. The third kappa shape index (κ3) is 5.01. The van der Waals surface area contributed by atoms with Crippen LogP contribution in [0.4, 0.5) is 5.69 Å². The molecule has 0 atom stereocenters. The highest BCUT2D eigenvalue weighted by atomic mass is 16.5. The molecule has 0 aliphatic carbocycles. The van der Waals surface area contributed by atoms with Gasteiger partial charge in [-0.1, -0.05) is 24.3 Å². The third-order valence-corrected chi connectivity index (χ3v) is 3.25. The summed E-state index contributed by atoms with van der Waals surface area (Å²) in [5.41, 5.74) is 1.28. The lowest BCUT2D eigenvalue weighted by Gasteiger charge is -2.09. The largest absolute Gasteiger partial charge is 0.497 e. The summed E-state index contributed by atoms with van der Waals surface area (Å²) in [6.07, 6.45) is 0.0381. The molecular formula is C18H19NO5. The number of carbonyl (C=O) groups excluding carboxylic acids is 2. The van der Waals surface area contributed by atoms with E-state index in [0.29, 0.717) is 22.7 Å². The first-order valence-electron chi connectivity index (χ1n) is 7.34. The van der Waals surface area contributed by atoms with Gasteiger partial charge in [0.05, 0.1) is 20.6 Å². The number of esters is 1. The Balaban J connectivity index is 1.83. The van der Waals surface area contributed by atoms with E-state index in [9.17, 15) is 9.59 Å². The molecule has 0 heterocycles. The minimum atomic E-state index is -0.500. The van der Waals surface area contributed by atoms with Crippen LogP contribution in [0.5, 0.6) is 11.5 Å². The van der Waals surface area contributed by atoms with Crippen molar-refractivity contribution in [2.75, 3.05) is 26.1 Å². The molecule has 0 fully saturated rings. The highest BCUT2D eigenvalue weighted by Gasteiger charge is 2.11. The highest BCUT2D eigenvalue weighted by molar-refractivity contribution is 5.93. The molecule has 24 heavy (non-hydrogen) atoms. The molecule has 2 rings (SSSR count). The molecule has 0 bridgehead atoms. The fourth-order valence-electron chi connectivity index (χ4n) is 2.10. The van der Waals surface area contributed by atoms with E-state index in [-0.39, 0.29) is 13.0 Å². The van der Waals surface area contributed by atoms with Crippen molar-refractivity contribution in [3.8, 4) is 11.5 Å². The number of para-hydroxylation sites is 1. The van der Waals surface area contributed by atoms with Crippen LogP contribution in [0.1, 0.15) is 5.56 Å². The highest BCUT2D eigenvalue weighted by Crippen LogP contribution is 2.18. The van der Waals surface area contributed by atoms with Crippen LogP contribution < -0.4 is 14.8 Å². The van der Waals surface area contributed by atoms with E-state index in [1.807, 2.05) is 6.07 Å². The second kappa shape index (κ2) is 8.57. The lowest BCUT2D eigenvalue weighted by molar-refractivity contribution is -0.146. The number of rotatable bonds is 7. The average molecular weight is 329 g/mol. The summed E-state index contributed by atoms with van der Waals surface area (Å²) < 4.78 is 15.2. The molecule has 1 amide bonds. The Kier molecular flexibility index (Phi) is 6.19. The van der Waals surface area contributed by atoms with Crippen molar-refractivity contribution in [2.24, 2.45) is 0 Å². The summed E-state index contributed by atoms with van der Waals surface area (Å²) in [5, 5.41) is 2.64. The number of anilines is 1. The second-order valence-electron chi connectivity index (χ2n) is 4.93. The summed E-state index contributed by atoms with van der Waals surface area (Å²) in [4.78, 5) is 23.7. The summed E-state index contributed by atoms with van der Waals surface area (Å²) >= 11 is 0. The van der Waals surface area contributed by atoms with Crippen molar-refractivity contribution in [1.82, 2.24) is 0 Å². The third-order valence-electron chi connectivity index (χ3n) is 3.25. The zero-order valence-corrected chi connectivity index (χ0v) is 13.6. The SMILES string of the molecule is COc1cccc(NC(=O)COC(=O)Cc2ccccc2OC)c1. The van der Waals surface area contributed by atoms with Crippen LogP contribution in [0, 0.1) is 0 Å². The maximum absolute atomic E-state index is 11.9. The van der Waals surface area contributed by atoms with E-state index in [1.165, 1.54) is 7.11 Å². The van der Waals surface area contributed by atoms with Crippen molar-refractivity contribution >= 4 is 17.6 Å². The topological polar surface area (TPSA) is 73.9 Å². The lowest BCUT2D eigenvalue weighted by atomic mass is 10.1. The van der Waals surface area contributed by atoms with E-state index < -0.39 is 11.9 Å². The van der Waals surface area contributed by atoms with Gasteiger partial charge in [0, 0.05) is 17.3 Å². The van der Waals surface area contributed by atoms with E-state index in [2.05, 4.69) is 5.32 Å². The van der Waals surface area contributed by atoms with Crippen molar-refractivity contribution in [1.29, 1.82) is 0 Å². The van der Waals surface area contributed by atoms with Gasteiger partial charge >= 0.3 is 5.97 Å². The van der Waals surface area contributed by atoms with Crippen LogP contribution in [0.25, 0.3) is 0 Å². The molecule has 0 radical (unpaired) electrons. The number of ether oxygens (including phenoxy) is 3. The number of carbonyl (C=O) groups is 2. The molecule has 1 N–H and O–H groups in total. The van der Waals surface area contributed by atoms with Gasteiger partial charge in [-0.05, 0) is 18.2 Å². The first-order chi connectivity index (χ1) is 11.6. The Morgan fingerprint density at radius 3 is 2.54 bits per heavy atom. The van der Waals surface area contributed by atoms with E-state index in [1.54, 1.807) is 49.6 Å². The predicted octanol–water partition coefficient (Wildman–Crippen LogP) is 2.43. The first kappa shape index (κ1) is 17.3. The number of hydrogen-bond acceptors (Lipinski definition) is 5. The van der Waals surface area contributed by atoms with Gasteiger partial charge in [-0.2, -0.15) is 0 Å². The first-order valence-corrected chi connectivity index (χ1v) is 7.34. The molecule has 0 aromatic heterocycles. The molecule has 0 aliphatic rings. The van der Waals surface area contributed by atoms with Gasteiger partial charge in [-0.15, -0.1) is 0 Å². The monoisotopic (exact) mass is 329 g/mol. The van der Waals surface area contributed by atoms with Crippen molar-refractivity contribution < 1.29 is 23.8 Å². The van der Waals surface area contributed by atoms with Crippen LogP contribution in [0.3, 0.4) is 0 Å². The maximum Gasteiger partial charge on any atom is 0.310 e. The van der Waals surface area contributed by atoms with Crippen LogP contribution >= 0.6 is 0 Å². The van der Waals surface area contributed by atoms with Gasteiger partial charge in [0.1, 0.15) is 11.5 Å². The minimum absolute atomic E-state index is 0.0381. The number of nitrogens with one attached hydrogen (secondary N) is 1. The molecule has 2 aromatic carbocycles. The Morgan fingerprint density at radius 1 is 1.00 bits per heavy atom. The molecular weight excluding hydrogens is 310 g/mol. The van der Waals surface area contributed by atoms with Gasteiger partial charge < -0.3 is 19.5 Å². The van der Waals surface area contributed by atoms with Gasteiger partial charge in [-0.25, -0.2) is 0 Å². The predicted molar refractivity (Wildman–Crippen MR) is 89.3 cm³/mol. The summed E-state index contributed by atoms with van der Waals surface area (Å²) in [6, 6.07) is 14.1. The second-order valence-corrected chi connectivity index (χ2v) is 4.93. The smallest absolute Gasteiger partial charge is 0.310 e. The molecule has 0 saturated carbocycles. The molecule has 0 unspecified atom stereocenters. The summed E-state index contributed by atoms with van der Waals surface area (Å²) in [5.74, 6) is 0.313. The maximum atomic E-state index is 11.9. The Hall–Kier alpha value is -3.02. The van der Waals surface area contributed by atoms with Crippen molar-refractivity contribution in [2.45, 2.75) is 6.42 Å². The standard InChI is InChI=1S/C18H19NO5/c1-22-15-8-5-7-14(11-15)19-17(20)12-24-18(21)10-13-6-3-4-9-16(13)23-2/h3-9,11H,10,12H2,1-2H3,(H,19,20). The minimum Gasteiger partial charge on any atom is -0.497 e. The van der Waals surface area contributed by atoms with Crippen LogP contribution in [-0.2, 0) is 20.7 Å². The quantitative estimate of drug-likeness (QED) is 0.790. The van der Waals surface area contributed by atoms with Crippen molar-refractivity contribution in [3.63, 3.8) is 0 Å². The Labute approximate surface area is 140 Å². The number of benzene rings is 2. The molecule has 6 heteroatoms. The number of methoxy groups -OCH3 is 2. The van der Waals surface area contributed by atoms with E-state index in [4.69, 9.17) is 14.2 Å². The van der Waals surface area contributed by atoms with Gasteiger partial charge in [-0.3, -0.25) is 9.59 Å². The van der Waals surface area contributed by atoms with Crippen LogP contribution in [-0.4, -0.2) is 32.7 Å². The van der Waals surface area contributed by atoms with Gasteiger partial charge in [0.2, 0.25) is 0 Å². The Morgan fingerprint density at radius 2 is 1.79 bits per heavy atom. The zero-order chi connectivity index (χ0) is 17.4. The normalized spacial score (nSPS) is 9.92. The number of hydrogen-bond donors (Lipinski definition) is 1. The summed E-state index contributed by atoms with van der Waals surface area (Å²) in [6.45, 7) is -0.356. The lowest BCUT2D eigenvalue weighted by Crippen LogP contribution is -2.21. The fourth-order valence-corrected chi connectivity index (χ4v) is 2.10. The zero-order valence-electron chi connectivity index (χ0n) is 13.6. The van der Waals surface area contributed by atoms with Gasteiger partial charge in [0.25, 0.3) is 5.91 Å². The van der Waals surface area contributed by atoms with Crippen molar-refractivity contribution in [3.05, 3.63) is 54.1 Å². The average Bonchev–Trinajstić information content (AvgIpc) is 2.60. The molecule has 6 nitrogen and oxygen atoms in total. The molecule has 2 aromatic rings. The molecule has 0 saturated heterocycles. The van der Waals surface area contributed by atoms with Crippen LogP contribution in [0.15, 0.2) is 48.5 Å². The molecule has 126 valence electrons. The summed E-state index contributed by atoms with van der Waals surface area (Å²) in [7, 11) is 3.08.